The minimum Gasteiger partial charge on any atom is -0.462 e. The van der Waals surface area contributed by atoms with Crippen LogP contribution >= 0.6 is 0 Å². The Morgan fingerprint density at radius 2 is 1.31 bits per heavy atom. The summed E-state index contributed by atoms with van der Waals surface area (Å²) in [6.07, 6.45) is 20.2. The molecule has 4 aliphatic rings. The summed E-state index contributed by atoms with van der Waals surface area (Å²) >= 11 is 0. The quantitative estimate of drug-likeness (QED) is 0.460. The van der Waals surface area contributed by atoms with Crippen LogP contribution < -0.4 is 0 Å². The van der Waals surface area contributed by atoms with Gasteiger partial charge in [-0.2, -0.15) is 0 Å². The number of ether oxygens (including phenoxy) is 1. The maximum atomic E-state index is 12.7. The van der Waals surface area contributed by atoms with E-state index in [9.17, 15) is 4.79 Å². The molecule has 0 aliphatic heterocycles. The van der Waals surface area contributed by atoms with Gasteiger partial charge in [-0.1, -0.05) is 26.7 Å². The summed E-state index contributed by atoms with van der Waals surface area (Å²) in [5, 5.41) is 0. The molecule has 29 heavy (non-hydrogen) atoms. The fraction of sp³-hybridized carbons (Fsp3) is 0.852. The molecule has 0 heterocycles. The summed E-state index contributed by atoms with van der Waals surface area (Å²) in [5.41, 5.74) is 0. The minimum atomic E-state index is 0.0528. The molecule has 0 aromatic heterocycles. The number of esters is 1. The standard InChI is InChI=1S/C27H43O2/c1-19-3-7-21(8-4-19)23-11-13-25(14-12-23)27(28)29-26-17-15-24(16-18-26)22-9-5-20(2)6-10-22/h19,22-24,26H,3-18H2,1-2H3. The van der Waals surface area contributed by atoms with Gasteiger partial charge in [0.15, 0.2) is 0 Å². The van der Waals surface area contributed by atoms with E-state index in [0.29, 0.717) is 0 Å². The lowest BCUT2D eigenvalue weighted by Crippen LogP contribution is -2.32. The third-order valence-corrected chi connectivity index (χ3v) is 8.91. The van der Waals surface area contributed by atoms with E-state index in [2.05, 4.69) is 13.8 Å². The third kappa shape index (κ3) is 5.79. The Labute approximate surface area is 179 Å². The average molecular weight is 400 g/mol. The van der Waals surface area contributed by atoms with Crippen LogP contribution in [0.4, 0.5) is 0 Å². The highest BCUT2D eigenvalue weighted by molar-refractivity contribution is 5.84. The van der Waals surface area contributed by atoms with Crippen molar-refractivity contribution >= 4 is 5.97 Å². The van der Waals surface area contributed by atoms with Crippen molar-refractivity contribution in [2.24, 2.45) is 23.7 Å². The van der Waals surface area contributed by atoms with Crippen molar-refractivity contribution in [3.63, 3.8) is 0 Å². The Morgan fingerprint density at radius 1 is 0.724 bits per heavy atom. The van der Waals surface area contributed by atoms with E-state index in [-0.39, 0.29) is 12.1 Å². The predicted molar refractivity (Wildman–Crippen MR) is 119 cm³/mol. The SMILES string of the molecule is C[C]1CCC(C2CCC(OC(=O)[C]3CCC([C]4CCC(C)CC4)CC3)CC2)CC1. The van der Waals surface area contributed by atoms with Crippen molar-refractivity contribution in [3.8, 4) is 0 Å². The van der Waals surface area contributed by atoms with E-state index in [1.807, 2.05) is 5.92 Å². The fourth-order valence-corrected chi connectivity index (χ4v) is 6.64. The number of hydrogen-bond donors (Lipinski definition) is 0. The first kappa shape index (κ1) is 21.7. The summed E-state index contributed by atoms with van der Waals surface area (Å²) < 4.78 is 5.99. The smallest absolute Gasteiger partial charge is 0.313 e. The highest BCUT2D eigenvalue weighted by atomic mass is 16.5. The van der Waals surface area contributed by atoms with E-state index in [1.54, 1.807) is 5.92 Å². The van der Waals surface area contributed by atoms with Gasteiger partial charge in [0.1, 0.15) is 6.10 Å². The van der Waals surface area contributed by atoms with Gasteiger partial charge in [0.2, 0.25) is 0 Å². The topological polar surface area (TPSA) is 26.3 Å². The maximum absolute atomic E-state index is 12.7. The fourth-order valence-electron chi connectivity index (χ4n) is 6.64. The molecular weight excluding hydrogens is 356 g/mol. The maximum Gasteiger partial charge on any atom is 0.313 e. The zero-order chi connectivity index (χ0) is 20.2. The van der Waals surface area contributed by atoms with Crippen LogP contribution in [0.15, 0.2) is 0 Å². The molecule has 0 amide bonds. The lowest BCUT2D eigenvalue weighted by molar-refractivity contribution is -0.149. The van der Waals surface area contributed by atoms with Crippen LogP contribution in [0.1, 0.15) is 117 Å². The molecule has 4 fully saturated rings. The van der Waals surface area contributed by atoms with Gasteiger partial charge >= 0.3 is 5.97 Å². The van der Waals surface area contributed by atoms with Crippen molar-refractivity contribution in [3.05, 3.63) is 17.8 Å². The van der Waals surface area contributed by atoms with Crippen molar-refractivity contribution in [2.45, 2.75) is 123 Å². The number of hydrogen-bond acceptors (Lipinski definition) is 2. The van der Waals surface area contributed by atoms with Gasteiger partial charge in [0, 0.05) is 0 Å². The monoisotopic (exact) mass is 399 g/mol. The molecule has 0 aromatic carbocycles. The van der Waals surface area contributed by atoms with Crippen LogP contribution in [0.5, 0.6) is 0 Å². The molecule has 4 aliphatic carbocycles. The van der Waals surface area contributed by atoms with Gasteiger partial charge in [-0.15, -0.1) is 0 Å². The highest BCUT2D eigenvalue weighted by Gasteiger charge is 2.36. The van der Waals surface area contributed by atoms with Crippen LogP contribution in [0, 0.1) is 41.4 Å². The van der Waals surface area contributed by atoms with Crippen LogP contribution in [0.25, 0.3) is 0 Å². The first-order valence-electron chi connectivity index (χ1n) is 12.8. The van der Waals surface area contributed by atoms with E-state index >= 15 is 0 Å². The normalized spacial score (nSPS) is 33.0. The second-order valence-electron chi connectivity index (χ2n) is 11.0. The molecule has 0 spiro atoms. The van der Waals surface area contributed by atoms with Gasteiger partial charge < -0.3 is 4.74 Å². The Morgan fingerprint density at radius 3 is 1.93 bits per heavy atom. The molecule has 2 heteroatoms. The van der Waals surface area contributed by atoms with E-state index in [4.69, 9.17) is 4.74 Å². The molecule has 0 bridgehead atoms. The molecule has 163 valence electrons. The Kier molecular flexibility index (Phi) is 7.62. The van der Waals surface area contributed by atoms with Crippen molar-refractivity contribution < 1.29 is 9.53 Å². The van der Waals surface area contributed by atoms with Gasteiger partial charge in [0.25, 0.3) is 0 Å². The predicted octanol–water partition coefficient (Wildman–Crippen LogP) is 7.42. The Bertz CT molecular complexity index is 497. The first-order valence-corrected chi connectivity index (χ1v) is 12.8. The largest absolute Gasteiger partial charge is 0.462 e. The van der Waals surface area contributed by atoms with Crippen LogP contribution in [0.2, 0.25) is 0 Å². The van der Waals surface area contributed by atoms with Crippen molar-refractivity contribution in [1.82, 2.24) is 0 Å². The Balaban J connectivity index is 1.14. The molecule has 0 atom stereocenters. The minimum absolute atomic E-state index is 0.0528. The van der Waals surface area contributed by atoms with Crippen LogP contribution in [-0.2, 0) is 9.53 Å². The van der Waals surface area contributed by atoms with Crippen molar-refractivity contribution in [2.75, 3.05) is 0 Å². The van der Waals surface area contributed by atoms with E-state index in [1.165, 1.54) is 77.0 Å². The molecule has 0 unspecified atom stereocenters. The lowest BCUT2D eigenvalue weighted by Gasteiger charge is -2.38. The second kappa shape index (κ2) is 10.2. The zero-order valence-corrected chi connectivity index (χ0v) is 19.0. The molecule has 2 nitrogen and oxygen atoms in total. The summed E-state index contributed by atoms with van der Waals surface area (Å²) in [6, 6.07) is 0. The molecular formula is C27H43O2. The number of carbonyl (C=O) groups excluding carboxylic acids is 1. The molecule has 0 N–H and O–H groups in total. The molecule has 4 rings (SSSR count). The average Bonchev–Trinajstić information content (AvgIpc) is 2.76. The second-order valence-corrected chi connectivity index (χ2v) is 11.0. The van der Waals surface area contributed by atoms with Gasteiger partial charge in [-0.3, -0.25) is 4.79 Å². The molecule has 0 saturated heterocycles. The van der Waals surface area contributed by atoms with Crippen LogP contribution in [-0.4, -0.2) is 12.1 Å². The van der Waals surface area contributed by atoms with Gasteiger partial charge in [-0.05, 0) is 125 Å². The molecule has 0 aromatic rings. The summed E-state index contributed by atoms with van der Waals surface area (Å²) in [7, 11) is 0. The van der Waals surface area contributed by atoms with Gasteiger partial charge in [0.05, 0.1) is 5.92 Å². The molecule has 4 saturated carbocycles. The van der Waals surface area contributed by atoms with Crippen molar-refractivity contribution in [1.29, 1.82) is 0 Å². The first-order chi connectivity index (χ1) is 14.1. The number of carbonyl (C=O) groups is 1. The zero-order valence-electron chi connectivity index (χ0n) is 19.0. The van der Waals surface area contributed by atoms with E-state index in [0.717, 1.165) is 55.3 Å². The van der Waals surface area contributed by atoms with Crippen LogP contribution in [0.3, 0.4) is 0 Å². The highest BCUT2D eigenvalue weighted by Crippen LogP contribution is 2.44. The summed E-state index contributed by atoms with van der Waals surface area (Å²) in [4.78, 5) is 12.7. The van der Waals surface area contributed by atoms with Gasteiger partial charge in [-0.25, -0.2) is 0 Å². The lowest BCUT2D eigenvalue weighted by atomic mass is 9.69. The molecule has 3 radical (unpaired) electrons. The van der Waals surface area contributed by atoms with E-state index < -0.39 is 0 Å². The summed E-state index contributed by atoms with van der Waals surface area (Å²) in [6.45, 7) is 4.72. The number of rotatable bonds is 4. The Hall–Kier alpha value is -0.530. The third-order valence-electron chi connectivity index (χ3n) is 8.91. The summed E-state index contributed by atoms with van der Waals surface area (Å²) in [5.74, 6) is 8.16.